The molecule has 1 atom stereocenters. The quantitative estimate of drug-likeness (QED) is 0.672. The van der Waals surface area contributed by atoms with Crippen LogP contribution in [-0.2, 0) is 17.8 Å². The number of aryl methyl sites for hydroxylation is 1. The number of benzene rings is 1. The molecule has 1 aliphatic carbocycles. The summed E-state index contributed by atoms with van der Waals surface area (Å²) in [7, 11) is 0. The summed E-state index contributed by atoms with van der Waals surface area (Å²) in [5, 5.41) is 10.6. The summed E-state index contributed by atoms with van der Waals surface area (Å²) in [5.74, 6) is -0.370. The van der Waals surface area contributed by atoms with Gasteiger partial charge in [0.1, 0.15) is 28.1 Å². The van der Waals surface area contributed by atoms with E-state index in [4.69, 9.17) is 16.6 Å². The Morgan fingerprint density at radius 3 is 2.46 bits per heavy atom. The van der Waals surface area contributed by atoms with Crippen molar-refractivity contribution in [2.75, 3.05) is 26.2 Å². The lowest BCUT2D eigenvalue weighted by Gasteiger charge is -2.35. The Kier molecular flexibility index (Phi) is 6.16. The van der Waals surface area contributed by atoms with E-state index in [1.54, 1.807) is 15.9 Å². The molecule has 2 aliphatic heterocycles. The summed E-state index contributed by atoms with van der Waals surface area (Å²) in [6.45, 7) is 6.53. The van der Waals surface area contributed by atoms with Crippen molar-refractivity contribution in [2.24, 2.45) is 5.41 Å². The highest BCUT2D eigenvalue weighted by molar-refractivity contribution is 6.32. The number of carbonyl (C=O) groups excluding carboxylic acids is 2. The van der Waals surface area contributed by atoms with Gasteiger partial charge in [-0.2, -0.15) is 0 Å². The van der Waals surface area contributed by atoms with Crippen LogP contribution in [0.15, 0.2) is 18.2 Å². The van der Waals surface area contributed by atoms with Crippen molar-refractivity contribution < 1.29 is 19.1 Å². The van der Waals surface area contributed by atoms with E-state index in [0.29, 0.717) is 55.4 Å². The van der Waals surface area contributed by atoms with Gasteiger partial charge in [-0.15, -0.1) is 0 Å². The maximum absolute atomic E-state index is 15.1. The number of rotatable bonds is 5. The van der Waals surface area contributed by atoms with Crippen LogP contribution in [0.1, 0.15) is 62.1 Å². The zero-order chi connectivity index (χ0) is 25.0. The number of halogens is 2. The van der Waals surface area contributed by atoms with Gasteiger partial charge in [-0.1, -0.05) is 37.9 Å². The summed E-state index contributed by atoms with van der Waals surface area (Å²) in [6.07, 6.45) is 5.09. The molecule has 188 valence electrons. The second-order valence-electron chi connectivity index (χ2n) is 10.6. The number of carbonyl (C=O) groups is 2. The van der Waals surface area contributed by atoms with Crippen molar-refractivity contribution in [1.82, 2.24) is 19.4 Å². The smallest absolute Gasteiger partial charge is 0.256 e. The van der Waals surface area contributed by atoms with Gasteiger partial charge in [0.25, 0.3) is 11.8 Å². The Morgan fingerprint density at radius 2 is 1.83 bits per heavy atom. The van der Waals surface area contributed by atoms with E-state index in [2.05, 4.69) is 13.8 Å². The number of imidazole rings is 1. The van der Waals surface area contributed by atoms with Crippen LogP contribution in [0.5, 0.6) is 0 Å². The fourth-order valence-electron chi connectivity index (χ4n) is 5.44. The molecule has 1 aromatic heterocycles. The highest BCUT2D eigenvalue weighted by Crippen LogP contribution is 2.40. The summed E-state index contributed by atoms with van der Waals surface area (Å²) >= 11 is 6.71. The summed E-state index contributed by atoms with van der Waals surface area (Å²) in [4.78, 5) is 33.2. The standard InChI is InChI=1S/C26H32ClFN4O3/c1-3-7-25(2)8-6-20-29-21(22(27)32(20)16-25)17-4-5-18(19(28)15-17)23(33)30-11-13-31(14-12-30)24(34)26(35)9-10-26/h4-5,15,35H,3,6-14,16H2,1-2H3. The Bertz CT molecular complexity index is 1170. The maximum atomic E-state index is 15.1. The molecular weight excluding hydrogens is 471 g/mol. The monoisotopic (exact) mass is 502 g/mol. The zero-order valence-corrected chi connectivity index (χ0v) is 21.1. The van der Waals surface area contributed by atoms with E-state index in [1.165, 1.54) is 12.1 Å². The van der Waals surface area contributed by atoms with Crippen LogP contribution >= 0.6 is 11.6 Å². The second kappa shape index (κ2) is 8.89. The third-order valence-corrected chi connectivity index (χ3v) is 8.16. The largest absolute Gasteiger partial charge is 0.380 e. The first kappa shape index (κ1) is 24.3. The predicted octanol–water partition coefficient (Wildman–Crippen LogP) is 3.90. The van der Waals surface area contributed by atoms with Crippen LogP contribution in [0.4, 0.5) is 4.39 Å². The summed E-state index contributed by atoms with van der Waals surface area (Å²) in [6, 6.07) is 4.53. The third kappa shape index (κ3) is 4.47. The van der Waals surface area contributed by atoms with Crippen molar-refractivity contribution in [3.05, 3.63) is 40.6 Å². The number of nitrogens with zero attached hydrogens (tertiary/aromatic N) is 4. The molecule has 9 heteroatoms. The molecule has 3 heterocycles. The molecule has 1 saturated carbocycles. The molecule has 0 bridgehead atoms. The van der Waals surface area contributed by atoms with Crippen LogP contribution in [0.2, 0.25) is 5.15 Å². The Balaban J connectivity index is 1.30. The molecule has 2 fully saturated rings. The Morgan fingerprint density at radius 1 is 1.14 bits per heavy atom. The molecule has 1 aromatic carbocycles. The number of aliphatic hydroxyl groups is 1. The molecule has 35 heavy (non-hydrogen) atoms. The third-order valence-electron chi connectivity index (χ3n) is 7.78. The van der Waals surface area contributed by atoms with Crippen LogP contribution in [0.3, 0.4) is 0 Å². The normalized spacial score (nSPS) is 23.2. The molecule has 2 amide bonds. The van der Waals surface area contributed by atoms with Gasteiger partial charge in [-0.3, -0.25) is 9.59 Å². The minimum atomic E-state index is -1.21. The van der Waals surface area contributed by atoms with Gasteiger partial charge >= 0.3 is 0 Å². The van der Waals surface area contributed by atoms with E-state index in [1.807, 2.05) is 4.57 Å². The molecule has 3 aliphatic rings. The number of hydrogen-bond acceptors (Lipinski definition) is 4. The zero-order valence-electron chi connectivity index (χ0n) is 20.3. The topological polar surface area (TPSA) is 78.7 Å². The average molecular weight is 503 g/mol. The highest BCUT2D eigenvalue weighted by atomic mass is 35.5. The van der Waals surface area contributed by atoms with Gasteiger partial charge in [0.2, 0.25) is 0 Å². The van der Waals surface area contributed by atoms with Gasteiger partial charge in [0, 0.05) is 44.7 Å². The summed E-state index contributed by atoms with van der Waals surface area (Å²) in [5.41, 5.74) is 0.0541. The number of piperazine rings is 1. The summed E-state index contributed by atoms with van der Waals surface area (Å²) < 4.78 is 17.2. The Labute approximate surface area is 209 Å². The first-order valence-electron chi connectivity index (χ1n) is 12.5. The lowest BCUT2D eigenvalue weighted by atomic mass is 9.79. The minimum Gasteiger partial charge on any atom is -0.380 e. The number of amides is 2. The predicted molar refractivity (Wildman–Crippen MR) is 131 cm³/mol. The van der Waals surface area contributed by atoms with Crippen LogP contribution in [-0.4, -0.2) is 68.1 Å². The maximum Gasteiger partial charge on any atom is 0.256 e. The first-order valence-corrected chi connectivity index (χ1v) is 12.9. The van der Waals surface area contributed by atoms with Gasteiger partial charge in [-0.25, -0.2) is 9.37 Å². The van der Waals surface area contributed by atoms with Crippen molar-refractivity contribution in [2.45, 2.75) is 64.5 Å². The van der Waals surface area contributed by atoms with Gasteiger partial charge in [0.15, 0.2) is 0 Å². The molecule has 5 rings (SSSR count). The fraction of sp³-hybridized carbons (Fsp3) is 0.577. The lowest BCUT2D eigenvalue weighted by Crippen LogP contribution is -2.53. The minimum absolute atomic E-state index is 0.00929. The van der Waals surface area contributed by atoms with Crippen LogP contribution in [0.25, 0.3) is 11.3 Å². The molecule has 2 aromatic rings. The van der Waals surface area contributed by atoms with Gasteiger partial charge in [-0.05, 0) is 43.2 Å². The van der Waals surface area contributed by atoms with E-state index >= 15 is 4.39 Å². The average Bonchev–Trinajstić information content (AvgIpc) is 3.52. The Hall–Kier alpha value is -2.45. The van der Waals surface area contributed by atoms with Gasteiger partial charge in [0.05, 0.1) is 5.56 Å². The molecule has 1 unspecified atom stereocenters. The molecule has 1 N–H and O–H groups in total. The SMILES string of the molecule is CCCC1(C)CCc2nc(-c3ccc(C(=O)N4CCN(C(=O)C5(O)CC5)CC4)c(F)c3)c(Cl)n2C1. The molecule has 1 saturated heterocycles. The van der Waals surface area contributed by atoms with E-state index < -0.39 is 17.3 Å². The molecule has 7 nitrogen and oxygen atoms in total. The van der Waals surface area contributed by atoms with Gasteiger partial charge < -0.3 is 19.5 Å². The fourth-order valence-corrected chi connectivity index (χ4v) is 5.75. The van der Waals surface area contributed by atoms with Crippen molar-refractivity contribution in [1.29, 1.82) is 0 Å². The molecular formula is C26H32ClFN4O3. The lowest BCUT2D eigenvalue weighted by molar-refractivity contribution is -0.143. The number of fused-ring (bicyclic) bond motifs is 1. The first-order chi connectivity index (χ1) is 16.6. The number of aromatic nitrogens is 2. The highest BCUT2D eigenvalue weighted by Gasteiger charge is 2.50. The van der Waals surface area contributed by atoms with Crippen LogP contribution in [0, 0.1) is 11.2 Å². The van der Waals surface area contributed by atoms with E-state index in [9.17, 15) is 14.7 Å². The molecule has 0 radical (unpaired) electrons. The van der Waals surface area contributed by atoms with Crippen LogP contribution < -0.4 is 0 Å². The van der Waals surface area contributed by atoms with E-state index in [-0.39, 0.29) is 16.9 Å². The van der Waals surface area contributed by atoms with E-state index in [0.717, 1.165) is 38.1 Å². The van der Waals surface area contributed by atoms with Crippen molar-refractivity contribution in [3.8, 4) is 11.3 Å². The second-order valence-corrected chi connectivity index (χ2v) is 11.0. The van der Waals surface area contributed by atoms with Crippen molar-refractivity contribution >= 4 is 23.4 Å². The number of hydrogen-bond donors (Lipinski definition) is 1. The molecule has 0 spiro atoms. The van der Waals surface area contributed by atoms with Crippen molar-refractivity contribution in [3.63, 3.8) is 0 Å².